The van der Waals surface area contributed by atoms with Crippen LogP contribution in [0.25, 0.3) is 10.8 Å². The summed E-state index contributed by atoms with van der Waals surface area (Å²) in [5.41, 5.74) is 3.23. The van der Waals surface area contributed by atoms with Crippen molar-refractivity contribution >= 4 is 28.1 Å². The Kier molecular flexibility index (Phi) is 3.69. The predicted octanol–water partition coefficient (Wildman–Crippen LogP) is 3.37. The van der Waals surface area contributed by atoms with E-state index in [9.17, 15) is 9.90 Å². The lowest BCUT2D eigenvalue weighted by Crippen LogP contribution is -2.37. The van der Waals surface area contributed by atoms with Gasteiger partial charge in [0.15, 0.2) is 0 Å². The fraction of sp³-hybridized carbons (Fsp3) is 0.182. The number of amides is 1. The number of rotatable bonds is 2. The number of aliphatic imine (C=N–C) groups is 1. The molecule has 1 fully saturated rings. The van der Waals surface area contributed by atoms with Crippen molar-refractivity contribution in [1.82, 2.24) is 0 Å². The van der Waals surface area contributed by atoms with Crippen LogP contribution in [0.15, 0.2) is 59.6 Å². The summed E-state index contributed by atoms with van der Waals surface area (Å²) in [6.45, 7) is 2.64. The lowest BCUT2D eigenvalue weighted by atomic mass is 9.92. The molecule has 0 aromatic heterocycles. The number of hydrogen-bond acceptors (Lipinski definition) is 4. The van der Waals surface area contributed by atoms with Crippen LogP contribution < -0.4 is 4.90 Å². The van der Waals surface area contributed by atoms with Gasteiger partial charge >= 0.3 is 0 Å². The largest absolute Gasteiger partial charge is 0.507 e. The summed E-state index contributed by atoms with van der Waals surface area (Å²) in [4.78, 5) is 19.5. The summed E-state index contributed by atoms with van der Waals surface area (Å²) in [6.07, 6.45) is 0. The van der Waals surface area contributed by atoms with Gasteiger partial charge in [0.2, 0.25) is 0 Å². The molecule has 0 unspecified atom stereocenters. The molecule has 0 saturated carbocycles. The molecule has 3 aromatic carbocycles. The molecule has 0 aliphatic carbocycles. The number of ether oxygens (including phenoxy) is 1. The van der Waals surface area contributed by atoms with Gasteiger partial charge in [-0.05, 0) is 0 Å². The van der Waals surface area contributed by atoms with Crippen LogP contribution in [-0.4, -0.2) is 43.0 Å². The van der Waals surface area contributed by atoms with Crippen LogP contribution in [0, 0.1) is 0 Å². The van der Waals surface area contributed by atoms with E-state index < -0.39 is 0 Å². The summed E-state index contributed by atoms with van der Waals surface area (Å²) in [5, 5.41) is 12.7. The monoisotopic (exact) mass is 358 g/mol. The van der Waals surface area contributed by atoms with E-state index >= 15 is 0 Å². The van der Waals surface area contributed by atoms with Gasteiger partial charge in [0, 0.05) is 29.4 Å². The fourth-order valence-corrected chi connectivity index (χ4v) is 3.97. The molecule has 1 N–H and O–H groups in total. The lowest BCUT2D eigenvalue weighted by Gasteiger charge is -2.31. The number of carbonyl (C=O) groups is 1. The van der Waals surface area contributed by atoms with Crippen LogP contribution in [0.3, 0.4) is 0 Å². The third kappa shape index (κ3) is 2.43. The second-order valence-corrected chi connectivity index (χ2v) is 6.72. The maximum Gasteiger partial charge on any atom is 0.280 e. The van der Waals surface area contributed by atoms with E-state index in [-0.39, 0.29) is 11.7 Å². The molecule has 2 heterocycles. The fourth-order valence-electron chi connectivity index (χ4n) is 3.97. The molecule has 27 heavy (non-hydrogen) atoms. The van der Waals surface area contributed by atoms with Crippen molar-refractivity contribution in [1.29, 1.82) is 0 Å². The third-order valence-electron chi connectivity index (χ3n) is 5.20. The molecule has 0 atom stereocenters. The number of benzene rings is 3. The summed E-state index contributed by atoms with van der Waals surface area (Å²) >= 11 is 0. The van der Waals surface area contributed by atoms with E-state index in [1.54, 1.807) is 0 Å². The van der Waals surface area contributed by atoms with Gasteiger partial charge in [0.1, 0.15) is 5.75 Å². The summed E-state index contributed by atoms with van der Waals surface area (Å²) in [5.74, 6) is -0.183. The number of carbonyl (C=O) groups excluding carboxylic acids is 1. The zero-order valence-electron chi connectivity index (χ0n) is 14.7. The highest BCUT2D eigenvalue weighted by atomic mass is 16.5. The second-order valence-electron chi connectivity index (χ2n) is 6.72. The molecular weight excluding hydrogens is 340 g/mol. The summed E-state index contributed by atoms with van der Waals surface area (Å²) in [6, 6.07) is 17.2. The number of aromatic hydroxyl groups is 1. The topological polar surface area (TPSA) is 62.1 Å². The normalized spacial score (nSPS) is 16.5. The van der Waals surface area contributed by atoms with Crippen LogP contribution >= 0.6 is 0 Å². The van der Waals surface area contributed by atoms with Crippen LogP contribution in [0.1, 0.15) is 21.5 Å². The maximum atomic E-state index is 13.0. The zero-order valence-corrected chi connectivity index (χ0v) is 14.7. The van der Waals surface area contributed by atoms with Crippen molar-refractivity contribution in [3.8, 4) is 5.75 Å². The van der Waals surface area contributed by atoms with E-state index in [4.69, 9.17) is 4.74 Å². The van der Waals surface area contributed by atoms with Crippen LogP contribution in [0.2, 0.25) is 0 Å². The Bertz CT molecular complexity index is 1080. The second kappa shape index (κ2) is 6.21. The Morgan fingerprint density at radius 3 is 2.30 bits per heavy atom. The smallest absolute Gasteiger partial charge is 0.280 e. The molecule has 3 aromatic rings. The van der Waals surface area contributed by atoms with E-state index in [1.807, 2.05) is 54.6 Å². The summed E-state index contributed by atoms with van der Waals surface area (Å²) < 4.78 is 5.49. The molecule has 5 nitrogen and oxygen atoms in total. The average molecular weight is 358 g/mol. The average Bonchev–Trinajstić information content (AvgIpc) is 3.07. The van der Waals surface area contributed by atoms with Gasteiger partial charge in [-0.1, -0.05) is 54.6 Å². The molecule has 1 amide bonds. The molecule has 5 heteroatoms. The van der Waals surface area contributed by atoms with Crippen LogP contribution in [0.4, 0.5) is 5.69 Å². The molecule has 134 valence electrons. The number of phenols is 1. The van der Waals surface area contributed by atoms with Crippen molar-refractivity contribution < 1.29 is 14.6 Å². The summed E-state index contributed by atoms with van der Waals surface area (Å²) in [7, 11) is 0. The van der Waals surface area contributed by atoms with Gasteiger partial charge in [-0.25, -0.2) is 4.99 Å². The molecule has 0 radical (unpaired) electrons. The van der Waals surface area contributed by atoms with Crippen molar-refractivity contribution in [2.45, 2.75) is 0 Å². The minimum Gasteiger partial charge on any atom is -0.507 e. The van der Waals surface area contributed by atoms with Gasteiger partial charge in [-0.2, -0.15) is 0 Å². The highest BCUT2D eigenvalue weighted by molar-refractivity contribution is 6.33. The molecular formula is C22H18N2O3. The molecule has 2 aliphatic rings. The molecule has 0 spiro atoms. The first-order chi connectivity index (χ1) is 13.3. The SMILES string of the molecule is O=C1N=C(c2ccccc2)c2c1c(N1CCOCC1)c1ccccc1c2O. The minimum atomic E-state index is -0.300. The Morgan fingerprint density at radius 1 is 0.889 bits per heavy atom. The van der Waals surface area contributed by atoms with E-state index in [1.165, 1.54) is 0 Å². The molecule has 2 aliphatic heterocycles. The first kappa shape index (κ1) is 16.0. The minimum absolute atomic E-state index is 0.117. The standard InChI is InChI=1S/C22H18N2O3/c25-21-16-9-5-4-8-15(16)20(24-10-12-27-13-11-24)18-17(21)19(23-22(18)26)14-6-2-1-3-7-14/h1-9,25H,10-13H2. The maximum absolute atomic E-state index is 13.0. The van der Waals surface area contributed by atoms with Crippen molar-refractivity contribution in [2.24, 2.45) is 4.99 Å². The predicted molar refractivity (Wildman–Crippen MR) is 105 cm³/mol. The number of fused-ring (bicyclic) bond motifs is 2. The zero-order chi connectivity index (χ0) is 18.4. The Hall–Kier alpha value is -3.18. The van der Waals surface area contributed by atoms with Crippen molar-refractivity contribution in [2.75, 3.05) is 31.2 Å². The quantitative estimate of drug-likeness (QED) is 0.763. The van der Waals surface area contributed by atoms with Gasteiger partial charge < -0.3 is 14.7 Å². The highest BCUT2D eigenvalue weighted by Crippen LogP contribution is 2.44. The molecule has 0 bridgehead atoms. The first-order valence-electron chi connectivity index (χ1n) is 9.05. The Labute approximate surface area is 156 Å². The Morgan fingerprint density at radius 2 is 1.56 bits per heavy atom. The van der Waals surface area contributed by atoms with Crippen molar-refractivity contribution in [3.05, 3.63) is 71.3 Å². The number of nitrogens with zero attached hydrogens (tertiary/aromatic N) is 2. The van der Waals surface area contributed by atoms with E-state index in [2.05, 4.69) is 9.89 Å². The number of hydrogen-bond donors (Lipinski definition) is 1. The Balaban J connectivity index is 1.83. The van der Waals surface area contributed by atoms with E-state index in [0.29, 0.717) is 43.1 Å². The first-order valence-corrected chi connectivity index (χ1v) is 9.05. The highest BCUT2D eigenvalue weighted by Gasteiger charge is 2.34. The van der Waals surface area contributed by atoms with Crippen LogP contribution in [0.5, 0.6) is 5.75 Å². The van der Waals surface area contributed by atoms with Gasteiger partial charge in [-0.3, -0.25) is 4.79 Å². The lowest BCUT2D eigenvalue weighted by molar-refractivity contribution is 0.100. The number of anilines is 1. The molecule has 1 saturated heterocycles. The molecule has 5 rings (SSSR count). The van der Waals surface area contributed by atoms with Crippen molar-refractivity contribution in [3.63, 3.8) is 0 Å². The van der Waals surface area contributed by atoms with Gasteiger partial charge in [-0.15, -0.1) is 0 Å². The van der Waals surface area contributed by atoms with Gasteiger partial charge in [0.05, 0.1) is 35.7 Å². The number of phenolic OH excluding ortho intramolecular Hbond substituents is 1. The van der Waals surface area contributed by atoms with Crippen LogP contribution in [-0.2, 0) is 4.74 Å². The third-order valence-corrected chi connectivity index (χ3v) is 5.20. The van der Waals surface area contributed by atoms with E-state index in [0.717, 1.165) is 22.0 Å². The van der Waals surface area contributed by atoms with Gasteiger partial charge in [0.25, 0.3) is 5.91 Å². The number of morpholine rings is 1.